The molecule has 13 heteroatoms. The fourth-order valence-electron chi connectivity index (χ4n) is 5.36. The van der Waals surface area contributed by atoms with Gasteiger partial charge in [-0.25, -0.2) is 13.1 Å². The minimum Gasteiger partial charge on any atom is -0.340 e. The average molecular weight is 549 g/mol. The van der Waals surface area contributed by atoms with Crippen LogP contribution in [0.5, 0.6) is 0 Å². The largest absolute Gasteiger partial charge is 0.459 e. The molecule has 1 spiro atoms. The first-order valence-corrected chi connectivity index (χ1v) is 13.5. The van der Waals surface area contributed by atoms with E-state index in [0.29, 0.717) is 30.6 Å². The lowest BCUT2D eigenvalue weighted by Crippen LogP contribution is -2.57. The summed E-state index contributed by atoms with van der Waals surface area (Å²) in [5.41, 5.74) is -1.13. The number of aromatic nitrogens is 1. The number of likely N-dealkylation sites (N-methyl/N-ethyl adjacent to an activating group) is 1. The highest BCUT2D eigenvalue weighted by molar-refractivity contribution is 7.89. The van der Waals surface area contributed by atoms with E-state index in [1.165, 1.54) is 30.3 Å². The number of piperidine rings is 1. The van der Waals surface area contributed by atoms with E-state index in [4.69, 9.17) is 0 Å². The van der Waals surface area contributed by atoms with E-state index < -0.39 is 33.4 Å². The number of carbonyl (C=O) groups excluding carboxylic acids is 1. The molecule has 0 radical (unpaired) electrons. The Morgan fingerprint density at radius 3 is 2.16 bits per heavy atom. The highest BCUT2D eigenvalue weighted by Crippen LogP contribution is 2.48. The lowest BCUT2D eigenvalue weighted by molar-refractivity contribution is -0.292. The predicted octanol–water partition coefficient (Wildman–Crippen LogP) is 3.91. The van der Waals surface area contributed by atoms with Gasteiger partial charge in [-0.1, -0.05) is 0 Å². The molecule has 37 heavy (non-hydrogen) atoms. The maximum Gasteiger partial charge on any atom is 0.459 e. The molecule has 1 aromatic carbocycles. The van der Waals surface area contributed by atoms with Crippen LogP contribution in [0.3, 0.4) is 0 Å². The van der Waals surface area contributed by atoms with E-state index in [9.17, 15) is 35.2 Å². The van der Waals surface area contributed by atoms with Crippen LogP contribution < -0.4 is 4.72 Å². The Balaban J connectivity index is 0.00000336. The van der Waals surface area contributed by atoms with Crippen LogP contribution in [0.1, 0.15) is 48.9 Å². The van der Waals surface area contributed by atoms with Gasteiger partial charge < -0.3 is 9.47 Å². The number of rotatable bonds is 5. The quantitative estimate of drug-likeness (QED) is 0.576. The highest BCUT2D eigenvalue weighted by atomic mass is 32.2. The Morgan fingerprint density at radius 2 is 1.59 bits per heavy atom. The number of benzene rings is 1. The molecule has 1 aliphatic carbocycles. The van der Waals surface area contributed by atoms with Crippen molar-refractivity contribution < 1.29 is 36.6 Å². The van der Waals surface area contributed by atoms with Crippen LogP contribution in [-0.2, 0) is 28.0 Å². The molecule has 1 saturated carbocycles. The van der Waals surface area contributed by atoms with Crippen molar-refractivity contribution in [1.29, 1.82) is 0 Å². The van der Waals surface area contributed by atoms with Crippen LogP contribution in [0.25, 0.3) is 0 Å². The molecule has 3 heterocycles. The topological polar surface area (TPSA) is 74.6 Å². The van der Waals surface area contributed by atoms with Gasteiger partial charge in [-0.3, -0.25) is 9.69 Å². The smallest absolute Gasteiger partial charge is 0.340 e. The van der Waals surface area contributed by atoms with Gasteiger partial charge in [0.15, 0.2) is 0 Å². The van der Waals surface area contributed by atoms with Crippen molar-refractivity contribution in [2.24, 2.45) is 0 Å². The Labute approximate surface area is 212 Å². The fourth-order valence-corrected chi connectivity index (χ4v) is 6.66. The molecular weight excluding hydrogens is 519 g/mol. The van der Waals surface area contributed by atoms with Gasteiger partial charge in [0.1, 0.15) is 0 Å². The van der Waals surface area contributed by atoms with E-state index in [1.54, 1.807) is 4.90 Å². The lowest BCUT2D eigenvalue weighted by atomic mass is 9.81. The number of fused-ring (bicyclic) bond motifs is 2. The average Bonchev–Trinajstić information content (AvgIpc) is 3.53. The van der Waals surface area contributed by atoms with Crippen molar-refractivity contribution in [3.05, 3.63) is 53.3 Å². The third-order valence-electron chi connectivity index (χ3n) is 7.71. The molecule has 204 valence electrons. The Morgan fingerprint density at radius 1 is 0.973 bits per heavy atom. The second-order valence-electron chi connectivity index (χ2n) is 9.99. The van der Waals surface area contributed by atoms with Gasteiger partial charge in [0.2, 0.25) is 10.0 Å². The summed E-state index contributed by atoms with van der Waals surface area (Å²) >= 11 is 0. The van der Waals surface area contributed by atoms with Crippen LogP contribution in [0.2, 0.25) is 0 Å². The highest BCUT2D eigenvalue weighted by Gasteiger charge is 2.61. The Hall–Kier alpha value is -2.51. The zero-order valence-electron chi connectivity index (χ0n) is 20.1. The normalized spacial score (nSPS) is 20.8. The molecule has 1 saturated heterocycles. The summed E-state index contributed by atoms with van der Waals surface area (Å²) in [6.07, 6.45) is -3.38. The van der Waals surface area contributed by atoms with Crippen molar-refractivity contribution in [2.45, 2.75) is 60.8 Å². The van der Waals surface area contributed by atoms with E-state index in [2.05, 4.69) is 4.72 Å². The van der Waals surface area contributed by atoms with Crippen molar-refractivity contribution in [3.63, 3.8) is 0 Å². The number of hydrogen-bond acceptors (Lipinski definition) is 4. The van der Waals surface area contributed by atoms with Gasteiger partial charge in [-0.15, -0.1) is 0 Å². The molecule has 2 aromatic rings. The number of amides is 1. The van der Waals surface area contributed by atoms with Crippen LogP contribution >= 0.6 is 0 Å². The summed E-state index contributed by atoms with van der Waals surface area (Å²) < 4.78 is 96.0. The zero-order valence-corrected chi connectivity index (χ0v) is 20.9. The third-order valence-corrected chi connectivity index (χ3v) is 9.25. The summed E-state index contributed by atoms with van der Waals surface area (Å²) in [7, 11) is -1.83. The first kappa shape index (κ1) is 26.1. The van der Waals surface area contributed by atoms with Gasteiger partial charge >= 0.3 is 12.1 Å². The molecule has 1 N–H and O–H groups in total. The summed E-state index contributed by atoms with van der Waals surface area (Å²) in [4.78, 5) is 16.7. The maximum atomic E-state index is 14.2. The van der Waals surface area contributed by atoms with Crippen molar-refractivity contribution >= 4 is 15.9 Å². The van der Waals surface area contributed by atoms with Gasteiger partial charge in [0, 0.05) is 44.9 Å². The summed E-state index contributed by atoms with van der Waals surface area (Å²) in [5.74, 6) is -5.26. The van der Waals surface area contributed by atoms with E-state index in [0.717, 1.165) is 23.5 Å². The summed E-state index contributed by atoms with van der Waals surface area (Å²) in [6.45, 7) is 0.835. The summed E-state index contributed by atoms with van der Waals surface area (Å²) in [5, 5.41) is 0. The number of nitrogens with zero attached hydrogens (tertiary/aromatic N) is 3. The molecule has 5 rings (SSSR count). The van der Waals surface area contributed by atoms with Crippen LogP contribution in [-0.4, -0.2) is 67.6 Å². The Bertz CT molecular complexity index is 1300. The van der Waals surface area contributed by atoms with Crippen molar-refractivity contribution in [3.8, 4) is 0 Å². The SMILES string of the molecule is CN1CCn2c(ccc2C(F)(F)C(F)(F)F)C12CCN(C(=O)c1ccc(S(=O)(=O)NC3CC3)cc1)CC2.[HH]. The Kier molecular flexibility index (Phi) is 6.19. The first-order valence-electron chi connectivity index (χ1n) is 12.0. The van der Waals surface area contributed by atoms with Gasteiger partial charge in [0.25, 0.3) is 5.91 Å². The van der Waals surface area contributed by atoms with Crippen LogP contribution in [0.15, 0.2) is 41.3 Å². The van der Waals surface area contributed by atoms with E-state index in [1.807, 2.05) is 11.9 Å². The zero-order chi connectivity index (χ0) is 26.8. The first-order chi connectivity index (χ1) is 17.3. The minimum atomic E-state index is -5.70. The number of hydrogen-bond donors (Lipinski definition) is 1. The number of likely N-dealkylation sites (tertiary alicyclic amines) is 1. The third kappa shape index (κ3) is 4.44. The monoisotopic (exact) mass is 548 g/mol. The van der Waals surface area contributed by atoms with Crippen LogP contribution in [0, 0.1) is 0 Å². The number of alkyl halides is 5. The molecule has 2 aliphatic heterocycles. The van der Waals surface area contributed by atoms with Crippen molar-refractivity contribution in [2.75, 3.05) is 26.7 Å². The van der Waals surface area contributed by atoms with Gasteiger partial charge in [-0.05, 0) is 69.1 Å². The summed E-state index contributed by atoms with van der Waals surface area (Å²) in [6, 6.07) is 7.84. The maximum absolute atomic E-state index is 14.2. The fraction of sp³-hybridized carbons (Fsp3) is 0.542. The predicted molar refractivity (Wildman–Crippen MR) is 126 cm³/mol. The minimum absolute atomic E-state index is 0. The molecule has 0 atom stereocenters. The van der Waals surface area contributed by atoms with Crippen molar-refractivity contribution in [1.82, 2.24) is 19.1 Å². The molecular formula is C24H29F5N4O3S. The molecule has 2 fully saturated rings. The molecule has 7 nitrogen and oxygen atoms in total. The number of nitrogens with one attached hydrogen (secondary N) is 1. The number of carbonyl (C=O) groups is 1. The number of sulfonamides is 1. The molecule has 1 aromatic heterocycles. The second kappa shape index (κ2) is 8.77. The van der Waals surface area contributed by atoms with E-state index in [-0.39, 0.29) is 37.9 Å². The van der Waals surface area contributed by atoms with E-state index >= 15 is 0 Å². The van der Waals surface area contributed by atoms with Gasteiger partial charge in [-0.2, -0.15) is 22.0 Å². The number of halogens is 5. The molecule has 0 bridgehead atoms. The van der Waals surface area contributed by atoms with Gasteiger partial charge in [0.05, 0.1) is 16.1 Å². The lowest BCUT2D eigenvalue weighted by Gasteiger charge is -2.50. The molecule has 3 aliphatic rings. The second-order valence-corrected chi connectivity index (χ2v) is 11.7. The van der Waals surface area contributed by atoms with Crippen LogP contribution in [0.4, 0.5) is 22.0 Å². The standard InChI is InChI=1S/C24H27F5N4O3S.H2/c1-31-14-15-33-19(8-9-20(33)23(25,26)24(27,28)29)22(31)10-12-32(13-11-22)21(34)16-2-6-18(7-3-16)37(35,36)30-17-4-5-17;/h2-3,6-9,17,30H,4-5,10-15H2,1H3;1H. The molecule has 0 unspecified atom stereocenters. The molecule has 1 amide bonds.